The summed E-state index contributed by atoms with van der Waals surface area (Å²) in [6.45, 7) is 6.98. The summed E-state index contributed by atoms with van der Waals surface area (Å²) in [5.74, 6) is 2.47. The van der Waals surface area contributed by atoms with Crippen molar-refractivity contribution in [1.29, 1.82) is 0 Å². The predicted molar refractivity (Wildman–Crippen MR) is 121 cm³/mol. The summed E-state index contributed by atoms with van der Waals surface area (Å²) in [7, 11) is 1.64. The van der Waals surface area contributed by atoms with Gasteiger partial charge in [0.15, 0.2) is 5.82 Å². The number of benzene rings is 2. The van der Waals surface area contributed by atoms with Crippen molar-refractivity contribution >= 4 is 0 Å². The second-order valence-electron chi connectivity index (χ2n) is 8.34. The zero-order valence-electron chi connectivity index (χ0n) is 19.8. The van der Waals surface area contributed by atoms with Crippen LogP contribution in [-0.4, -0.2) is 39.4 Å². The minimum Gasteiger partial charge on any atom is -0.507 e. The number of aromatic nitrogens is 4. The molecule has 0 saturated carbocycles. The topological polar surface area (TPSA) is 93.1 Å². The zero-order valence-corrected chi connectivity index (χ0v) is 21.8. The van der Waals surface area contributed by atoms with Crippen LogP contribution in [0.25, 0.3) is 11.1 Å². The normalized spacial score (nSPS) is 11.1. The molecule has 32 heavy (non-hydrogen) atoms. The average molecular weight is 448 g/mol. The van der Waals surface area contributed by atoms with E-state index in [1.165, 1.54) is 0 Å². The second-order valence-corrected chi connectivity index (χ2v) is 8.34. The van der Waals surface area contributed by atoms with Crippen LogP contribution in [0.15, 0.2) is 36.4 Å². The predicted octanol–water partition coefficient (Wildman–Crippen LogP) is 2.06. The molecule has 0 amide bonds. The number of ether oxygens (including phenoxy) is 2. The average Bonchev–Trinajstić information content (AvgIpc) is 3.32. The molecule has 0 aliphatic heterocycles. The van der Waals surface area contributed by atoms with E-state index in [1.54, 1.807) is 13.2 Å². The van der Waals surface area contributed by atoms with E-state index < -0.39 is 0 Å². The molecule has 0 atom stereocenters. The number of aryl methyl sites for hydroxylation is 1. The third-order valence-corrected chi connectivity index (χ3v) is 5.59. The van der Waals surface area contributed by atoms with E-state index in [1.807, 2.05) is 30.3 Å². The molecule has 2 aromatic carbocycles. The minimum absolute atomic E-state index is 0. The fraction of sp³-hybridized carbons (Fsp3) is 0.458. The number of phenolic OH excluding ortho intramolecular Hbond substituents is 1. The molecule has 0 saturated heterocycles. The number of H-pyrrole nitrogens is 1. The molecule has 2 N–H and O–H groups in total. The number of hydrogen-bond acceptors (Lipinski definition) is 6. The number of aromatic amines is 1. The van der Waals surface area contributed by atoms with Crippen molar-refractivity contribution in [3.05, 3.63) is 47.8 Å². The van der Waals surface area contributed by atoms with Crippen molar-refractivity contribution in [2.24, 2.45) is 0 Å². The van der Waals surface area contributed by atoms with E-state index in [9.17, 15) is 5.11 Å². The van der Waals surface area contributed by atoms with Gasteiger partial charge >= 0.3 is 29.6 Å². The van der Waals surface area contributed by atoms with Crippen LogP contribution in [-0.2, 0) is 11.8 Å². The molecule has 0 spiro atoms. The molecule has 0 aliphatic rings. The van der Waals surface area contributed by atoms with Gasteiger partial charge in [-0.15, -0.1) is 10.2 Å². The van der Waals surface area contributed by atoms with Crippen LogP contribution in [0.1, 0.15) is 57.8 Å². The Balaban J connectivity index is 0.00000363. The van der Waals surface area contributed by atoms with Crippen LogP contribution >= 0.6 is 0 Å². The summed E-state index contributed by atoms with van der Waals surface area (Å²) in [5.41, 5.74) is 2.69. The van der Waals surface area contributed by atoms with Gasteiger partial charge in [0.1, 0.15) is 17.2 Å². The Morgan fingerprint density at radius 2 is 1.91 bits per heavy atom. The number of unbranched alkanes of at least 4 members (excludes halogenated alkanes) is 2. The Labute approximate surface area is 212 Å². The van der Waals surface area contributed by atoms with Crippen molar-refractivity contribution in [3.8, 4) is 28.4 Å². The number of methoxy groups -OCH3 is 1. The van der Waals surface area contributed by atoms with Crippen LogP contribution in [0, 0.1) is 0 Å². The maximum atomic E-state index is 10.6. The third kappa shape index (κ3) is 6.70. The molecule has 8 heteroatoms. The van der Waals surface area contributed by atoms with Gasteiger partial charge in [-0.3, -0.25) is 0 Å². The molecule has 166 valence electrons. The molecule has 0 bridgehead atoms. The number of phenols is 1. The fourth-order valence-corrected chi connectivity index (χ4v) is 3.63. The molecule has 0 unspecified atom stereocenters. The molecule has 1 aromatic heterocycles. The number of hydrogen-bond donors (Lipinski definition) is 2. The monoisotopic (exact) mass is 447 g/mol. The molecular formula is C24H32N4NaO3+. The van der Waals surface area contributed by atoms with Crippen LogP contribution < -0.4 is 39.0 Å². The SMILES string of the molecule is CCc1cc(-c2cccc(OC)c2)c(O)cc1OCCCCCC(C)(C)c1nn[nH]n1.[Na+]. The van der Waals surface area contributed by atoms with Gasteiger partial charge in [0.2, 0.25) is 0 Å². The quantitative estimate of drug-likeness (QED) is 0.345. The van der Waals surface area contributed by atoms with Crippen LogP contribution in [0.3, 0.4) is 0 Å². The van der Waals surface area contributed by atoms with Crippen molar-refractivity contribution in [2.45, 2.75) is 58.3 Å². The van der Waals surface area contributed by atoms with Gasteiger partial charge < -0.3 is 14.6 Å². The van der Waals surface area contributed by atoms with Gasteiger partial charge in [-0.25, -0.2) is 0 Å². The Hall–Kier alpha value is -2.09. The number of nitrogens with zero attached hydrogens (tertiary/aromatic N) is 3. The van der Waals surface area contributed by atoms with Crippen LogP contribution in [0.5, 0.6) is 17.2 Å². The van der Waals surface area contributed by atoms with Crippen molar-refractivity contribution < 1.29 is 44.1 Å². The van der Waals surface area contributed by atoms with Crippen LogP contribution in [0.2, 0.25) is 0 Å². The Morgan fingerprint density at radius 3 is 2.59 bits per heavy atom. The molecule has 1 heterocycles. The standard InChI is InChI=1S/C24H32N4O3.Na/c1-5-17-15-20(18-10-9-11-19(14-18)30-4)21(29)16-22(17)31-13-8-6-7-12-24(2,3)23-25-27-28-26-23;/h9-11,14-16,29H,5-8,12-13H2,1-4H3,(H,25,26,27,28);/q;+1. The van der Waals surface area contributed by atoms with Gasteiger partial charge in [0.05, 0.1) is 13.7 Å². The van der Waals surface area contributed by atoms with E-state index in [-0.39, 0.29) is 40.7 Å². The Bertz CT molecular complexity index is 977. The first-order valence-corrected chi connectivity index (χ1v) is 10.8. The zero-order chi connectivity index (χ0) is 22.3. The first kappa shape index (κ1) is 26.2. The van der Waals surface area contributed by atoms with E-state index in [2.05, 4.69) is 41.4 Å². The molecule has 0 radical (unpaired) electrons. The minimum atomic E-state index is -0.0923. The summed E-state index contributed by atoms with van der Waals surface area (Å²) in [4.78, 5) is 0. The van der Waals surface area contributed by atoms with Gasteiger partial charge in [-0.05, 0) is 48.6 Å². The van der Waals surface area contributed by atoms with E-state index >= 15 is 0 Å². The van der Waals surface area contributed by atoms with Gasteiger partial charge in [0.25, 0.3) is 0 Å². The van der Waals surface area contributed by atoms with E-state index in [0.29, 0.717) is 6.61 Å². The maximum Gasteiger partial charge on any atom is 1.00 e. The third-order valence-electron chi connectivity index (χ3n) is 5.59. The van der Waals surface area contributed by atoms with Crippen molar-refractivity contribution in [1.82, 2.24) is 20.6 Å². The molecule has 0 aliphatic carbocycles. The van der Waals surface area contributed by atoms with Gasteiger partial charge in [0, 0.05) is 17.0 Å². The number of rotatable bonds is 11. The summed E-state index contributed by atoms with van der Waals surface area (Å²) in [5, 5.41) is 25.0. The molecular weight excluding hydrogens is 415 g/mol. The Kier molecular flexibility index (Phi) is 10.0. The van der Waals surface area contributed by atoms with E-state index in [4.69, 9.17) is 9.47 Å². The number of aromatic hydroxyl groups is 1. The van der Waals surface area contributed by atoms with Crippen LogP contribution in [0.4, 0.5) is 0 Å². The smallest absolute Gasteiger partial charge is 0.507 e. The first-order valence-electron chi connectivity index (χ1n) is 10.8. The van der Waals surface area contributed by atoms with Gasteiger partial charge in [-0.1, -0.05) is 51.0 Å². The maximum absolute atomic E-state index is 10.6. The van der Waals surface area contributed by atoms with E-state index in [0.717, 1.165) is 66.1 Å². The summed E-state index contributed by atoms with van der Waals surface area (Å²) in [6.07, 6.45) is 4.88. The molecule has 3 aromatic rings. The second kappa shape index (κ2) is 12.2. The summed E-state index contributed by atoms with van der Waals surface area (Å²) < 4.78 is 11.3. The molecule has 0 fully saturated rings. The summed E-state index contributed by atoms with van der Waals surface area (Å²) in [6, 6.07) is 11.4. The molecule has 7 nitrogen and oxygen atoms in total. The summed E-state index contributed by atoms with van der Waals surface area (Å²) >= 11 is 0. The number of nitrogens with one attached hydrogen (secondary N) is 1. The number of tetrazole rings is 1. The fourth-order valence-electron chi connectivity index (χ4n) is 3.63. The van der Waals surface area contributed by atoms with Crippen molar-refractivity contribution in [3.63, 3.8) is 0 Å². The first-order chi connectivity index (χ1) is 14.9. The van der Waals surface area contributed by atoms with Crippen molar-refractivity contribution in [2.75, 3.05) is 13.7 Å². The largest absolute Gasteiger partial charge is 1.00 e. The Morgan fingerprint density at radius 1 is 1.09 bits per heavy atom. The van der Waals surface area contributed by atoms with Gasteiger partial charge in [-0.2, -0.15) is 5.21 Å². The molecule has 3 rings (SSSR count).